The Morgan fingerprint density at radius 1 is 1.25 bits per heavy atom. The summed E-state index contributed by atoms with van der Waals surface area (Å²) < 4.78 is 10.2. The fourth-order valence-electron chi connectivity index (χ4n) is 2.02. The van der Waals surface area contributed by atoms with Crippen molar-refractivity contribution in [2.45, 2.75) is 51.2 Å². The van der Waals surface area contributed by atoms with Gasteiger partial charge in [0, 0.05) is 20.6 Å². The summed E-state index contributed by atoms with van der Waals surface area (Å²) >= 11 is 0. The van der Waals surface area contributed by atoms with Gasteiger partial charge in [0.05, 0.1) is 0 Å². The van der Waals surface area contributed by atoms with Gasteiger partial charge in [-0.3, -0.25) is 4.79 Å². The van der Waals surface area contributed by atoms with E-state index in [1.54, 1.807) is 14.2 Å². The van der Waals surface area contributed by atoms with Crippen LogP contribution in [0.4, 0.5) is 0 Å². The van der Waals surface area contributed by atoms with Crippen LogP contribution in [-0.4, -0.2) is 26.3 Å². The Kier molecular flexibility index (Phi) is 6.34. The predicted molar refractivity (Wildman–Crippen MR) is 63.2 cm³/mol. The van der Waals surface area contributed by atoms with Crippen LogP contribution in [-0.2, 0) is 14.3 Å². The van der Waals surface area contributed by atoms with Crippen LogP contribution in [0, 0.1) is 0 Å². The van der Waals surface area contributed by atoms with E-state index in [2.05, 4.69) is 6.08 Å². The molecule has 1 aliphatic carbocycles. The van der Waals surface area contributed by atoms with E-state index in [1.165, 1.54) is 0 Å². The standard InChI is InChI=1S/C13H22O3/c1-15-13(16-2)10-5-3-4-7-11-8-6-9-12(11)14/h7,13H,3-6,8-10H2,1-2H3/b11-7-. The normalized spacial score (nSPS) is 18.9. The molecule has 0 aromatic heterocycles. The molecule has 0 unspecified atom stereocenters. The van der Waals surface area contributed by atoms with Crippen LogP contribution in [0.5, 0.6) is 0 Å². The zero-order valence-electron chi connectivity index (χ0n) is 10.3. The topological polar surface area (TPSA) is 35.5 Å². The summed E-state index contributed by atoms with van der Waals surface area (Å²) in [6, 6.07) is 0. The Balaban J connectivity index is 2.09. The van der Waals surface area contributed by atoms with Crippen molar-refractivity contribution in [3.63, 3.8) is 0 Å². The highest BCUT2D eigenvalue weighted by molar-refractivity contribution is 5.97. The first-order valence-electron chi connectivity index (χ1n) is 6.05. The van der Waals surface area contributed by atoms with Gasteiger partial charge in [0.2, 0.25) is 0 Å². The molecule has 0 atom stereocenters. The van der Waals surface area contributed by atoms with E-state index in [0.717, 1.165) is 50.5 Å². The second-order valence-electron chi connectivity index (χ2n) is 4.19. The van der Waals surface area contributed by atoms with Crippen LogP contribution < -0.4 is 0 Å². The number of methoxy groups -OCH3 is 2. The van der Waals surface area contributed by atoms with E-state index in [-0.39, 0.29) is 6.29 Å². The minimum Gasteiger partial charge on any atom is -0.356 e. The van der Waals surface area contributed by atoms with Crippen LogP contribution in [0.15, 0.2) is 11.6 Å². The summed E-state index contributed by atoms with van der Waals surface area (Å²) in [5.74, 6) is 0.353. The molecule has 0 amide bonds. The van der Waals surface area contributed by atoms with Crippen molar-refractivity contribution in [3.8, 4) is 0 Å². The number of carbonyl (C=O) groups is 1. The predicted octanol–water partition coefficient (Wildman–Crippen LogP) is 2.85. The Bertz CT molecular complexity index is 242. The molecule has 0 aromatic rings. The maximum absolute atomic E-state index is 11.3. The average molecular weight is 226 g/mol. The number of hydrogen-bond donors (Lipinski definition) is 0. The van der Waals surface area contributed by atoms with Gasteiger partial charge in [0.1, 0.15) is 0 Å². The van der Waals surface area contributed by atoms with Crippen molar-refractivity contribution in [1.29, 1.82) is 0 Å². The second-order valence-corrected chi connectivity index (χ2v) is 4.19. The van der Waals surface area contributed by atoms with Crippen molar-refractivity contribution in [3.05, 3.63) is 11.6 Å². The zero-order valence-corrected chi connectivity index (χ0v) is 10.3. The molecule has 3 heteroatoms. The zero-order chi connectivity index (χ0) is 11.8. The fraction of sp³-hybridized carbons (Fsp3) is 0.769. The summed E-state index contributed by atoms with van der Waals surface area (Å²) in [5, 5.41) is 0. The van der Waals surface area contributed by atoms with Crippen molar-refractivity contribution in [2.24, 2.45) is 0 Å². The molecule has 0 bridgehead atoms. The first-order chi connectivity index (χ1) is 7.77. The van der Waals surface area contributed by atoms with Crippen LogP contribution in [0.2, 0.25) is 0 Å². The van der Waals surface area contributed by atoms with Gasteiger partial charge in [0.15, 0.2) is 12.1 Å². The molecule has 0 saturated heterocycles. The SMILES string of the molecule is COC(CCCC/C=C1/CCCC1=O)OC. The molecule has 0 aromatic carbocycles. The molecule has 1 rings (SSSR count). The van der Waals surface area contributed by atoms with Crippen LogP contribution in [0.25, 0.3) is 0 Å². The second kappa shape index (κ2) is 7.58. The van der Waals surface area contributed by atoms with Gasteiger partial charge in [-0.1, -0.05) is 6.08 Å². The Labute approximate surface area is 97.8 Å². The highest BCUT2D eigenvalue weighted by Gasteiger charge is 2.15. The summed E-state index contributed by atoms with van der Waals surface area (Å²) in [4.78, 5) is 11.3. The summed E-state index contributed by atoms with van der Waals surface area (Å²) in [5.41, 5.74) is 1.05. The van der Waals surface area contributed by atoms with E-state index in [0.29, 0.717) is 5.78 Å². The van der Waals surface area contributed by atoms with Gasteiger partial charge < -0.3 is 9.47 Å². The van der Waals surface area contributed by atoms with Gasteiger partial charge in [0.25, 0.3) is 0 Å². The lowest BCUT2D eigenvalue weighted by molar-refractivity contribution is -0.114. The summed E-state index contributed by atoms with van der Waals surface area (Å²) in [6.45, 7) is 0. The fourth-order valence-corrected chi connectivity index (χ4v) is 2.02. The molecule has 0 heterocycles. The first kappa shape index (κ1) is 13.4. The van der Waals surface area contributed by atoms with E-state index >= 15 is 0 Å². The Morgan fingerprint density at radius 3 is 2.56 bits per heavy atom. The van der Waals surface area contributed by atoms with Crippen LogP contribution in [0.1, 0.15) is 44.9 Å². The van der Waals surface area contributed by atoms with Gasteiger partial charge in [-0.15, -0.1) is 0 Å². The average Bonchev–Trinajstić information content (AvgIpc) is 2.70. The Morgan fingerprint density at radius 2 is 2.00 bits per heavy atom. The quantitative estimate of drug-likeness (QED) is 0.380. The molecule has 1 fully saturated rings. The molecule has 0 N–H and O–H groups in total. The molecule has 1 saturated carbocycles. The molecule has 1 aliphatic rings. The smallest absolute Gasteiger partial charge is 0.158 e. The maximum Gasteiger partial charge on any atom is 0.158 e. The van der Waals surface area contributed by atoms with Crippen LogP contribution >= 0.6 is 0 Å². The molecule has 0 spiro atoms. The van der Waals surface area contributed by atoms with Gasteiger partial charge in [-0.05, 0) is 44.1 Å². The van der Waals surface area contributed by atoms with Crippen molar-refractivity contribution < 1.29 is 14.3 Å². The molecule has 92 valence electrons. The summed E-state index contributed by atoms with van der Waals surface area (Å²) in [6.07, 6.45) is 8.90. The number of ether oxygens (including phenoxy) is 2. The minimum absolute atomic E-state index is 0.0826. The number of hydrogen-bond acceptors (Lipinski definition) is 3. The third kappa shape index (κ3) is 4.45. The van der Waals surface area contributed by atoms with Gasteiger partial charge in [-0.25, -0.2) is 0 Å². The Hall–Kier alpha value is -0.670. The molecule has 0 aliphatic heterocycles. The molecular weight excluding hydrogens is 204 g/mol. The van der Waals surface area contributed by atoms with Crippen molar-refractivity contribution in [1.82, 2.24) is 0 Å². The molecule has 3 nitrogen and oxygen atoms in total. The van der Waals surface area contributed by atoms with Crippen LogP contribution in [0.3, 0.4) is 0 Å². The highest BCUT2D eigenvalue weighted by Crippen LogP contribution is 2.21. The molecule has 16 heavy (non-hydrogen) atoms. The third-order valence-corrected chi connectivity index (χ3v) is 3.02. The van der Waals surface area contributed by atoms with E-state index in [1.807, 2.05) is 0 Å². The van der Waals surface area contributed by atoms with Crippen molar-refractivity contribution >= 4 is 5.78 Å². The first-order valence-corrected chi connectivity index (χ1v) is 6.05. The van der Waals surface area contributed by atoms with Crippen molar-refractivity contribution in [2.75, 3.05) is 14.2 Å². The van der Waals surface area contributed by atoms with E-state index in [9.17, 15) is 4.79 Å². The van der Waals surface area contributed by atoms with E-state index in [4.69, 9.17) is 9.47 Å². The lowest BCUT2D eigenvalue weighted by atomic mass is 10.1. The maximum atomic E-state index is 11.3. The number of allylic oxidation sites excluding steroid dienone is 2. The highest BCUT2D eigenvalue weighted by atomic mass is 16.7. The number of Topliss-reactive ketones (excluding diaryl/α,β-unsaturated/α-hetero) is 1. The molecular formula is C13H22O3. The summed E-state index contributed by atoms with van der Waals surface area (Å²) in [7, 11) is 3.32. The lowest BCUT2D eigenvalue weighted by Crippen LogP contribution is -2.12. The number of rotatable bonds is 7. The largest absolute Gasteiger partial charge is 0.356 e. The number of carbonyl (C=O) groups excluding carboxylic acids is 1. The molecule has 0 radical (unpaired) electrons. The van der Waals surface area contributed by atoms with Gasteiger partial charge >= 0.3 is 0 Å². The monoisotopic (exact) mass is 226 g/mol. The third-order valence-electron chi connectivity index (χ3n) is 3.02. The number of unbranched alkanes of at least 4 members (excludes halogenated alkanes) is 2. The van der Waals surface area contributed by atoms with Gasteiger partial charge in [-0.2, -0.15) is 0 Å². The van der Waals surface area contributed by atoms with E-state index < -0.39 is 0 Å². The number of ketones is 1. The minimum atomic E-state index is -0.0826. The lowest BCUT2D eigenvalue weighted by Gasteiger charge is -2.12.